The van der Waals surface area contributed by atoms with Crippen molar-refractivity contribution in [2.45, 2.75) is 6.92 Å². The number of thiophene rings is 1. The summed E-state index contributed by atoms with van der Waals surface area (Å²) in [4.78, 5) is 16.0. The zero-order valence-electron chi connectivity index (χ0n) is 10.8. The van der Waals surface area contributed by atoms with E-state index in [2.05, 4.69) is 4.98 Å². The Hall–Kier alpha value is -2.40. The fourth-order valence-corrected chi connectivity index (χ4v) is 2.76. The van der Waals surface area contributed by atoms with Crippen LogP contribution in [0.3, 0.4) is 0 Å². The van der Waals surface area contributed by atoms with E-state index in [0.29, 0.717) is 16.5 Å². The molecule has 4 nitrogen and oxygen atoms in total. The Morgan fingerprint density at radius 3 is 2.70 bits per heavy atom. The first kappa shape index (κ1) is 12.6. The normalized spacial score (nSPS) is 10.7. The van der Waals surface area contributed by atoms with Crippen LogP contribution in [0.4, 0.5) is 0 Å². The van der Waals surface area contributed by atoms with Crippen LogP contribution in [0.25, 0.3) is 10.1 Å². The highest BCUT2D eigenvalue weighted by atomic mass is 32.1. The van der Waals surface area contributed by atoms with Crippen molar-refractivity contribution in [2.24, 2.45) is 5.73 Å². The number of rotatable bonds is 3. The average molecular weight is 284 g/mol. The molecule has 0 bridgehead atoms. The smallest absolute Gasteiger partial charge is 0.258 e. The van der Waals surface area contributed by atoms with Crippen molar-refractivity contribution < 1.29 is 9.53 Å². The quantitative estimate of drug-likeness (QED) is 0.800. The number of ether oxygens (including phenoxy) is 1. The number of aryl methyl sites for hydroxylation is 1. The van der Waals surface area contributed by atoms with Crippen LogP contribution < -0.4 is 10.5 Å². The topological polar surface area (TPSA) is 65.2 Å². The minimum atomic E-state index is -0.438. The van der Waals surface area contributed by atoms with Crippen molar-refractivity contribution in [3.63, 3.8) is 0 Å². The Morgan fingerprint density at radius 1 is 1.25 bits per heavy atom. The molecule has 0 fully saturated rings. The maximum atomic E-state index is 11.2. The number of nitrogens with zero attached hydrogens (tertiary/aromatic N) is 1. The van der Waals surface area contributed by atoms with E-state index in [-0.39, 0.29) is 0 Å². The van der Waals surface area contributed by atoms with Crippen molar-refractivity contribution >= 4 is 27.3 Å². The molecule has 2 N–H and O–H groups in total. The third-order valence-electron chi connectivity index (χ3n) is 2.89. The molecule has 3 aromatic rings. The molecule has 3 rings (SSSR count). The summed E-state index contributed by atoms with van der Waals surface area (Å²) < 4.78 is 6.71. The molecule has 0 atom stereocenters. The average Bonchev–Trinajstić information content (AvgIpc) is 2.87. The molecule has 20 heavy (non-hydrogen) atoms. The predicted octanol–water partition coefficient (Wildman–Crippen LogP) is 3.50. The number of fused-ring (bicyclic) bond motifs is 1. The maximum Gasteiger partial charge on any atom is 0.258 e. The highest BCUT2D eigenvalue weighted by Crippen LogP contribution is 2.33. The zero-order valence-corrected chi connectivity index (χ0v) is 11.6. The van der Waals surface area contributed by atoms with E-state index in [1.54, 1.807) is 12.3 Å². The standard InChI is InChI=1S/C15H12N2O2S/c1-9-2-4-10(5-3-9)19-15-11-8-13(14(16)18)20-12(11)6-7-17-15/h2-8H,1H3,(H2,16,18). The minimum absolute atomic E-state index is 0.438. The van der Waals surface area contributed by atoms with Gasteiger partial charge in [-0.3, -0.25) is 4.79 Å². The van der Waals surface area contributed by atoms with Gasteiger partial charge in [0, 0.05) is 10.9 Å². The van der Waals surface area contributed by atoms with Crippen molar-refractivity contribution in [3.05, 3.63) is 53.0 Å². The summed E-state index contributed by atoms with van der Waals surface area (Å²) in [6.07, 6.45) is 1.66. The lowest BCUT2D eigenvalue weighted by Crippen LogP contribution is -2.08. The molecule has 0 aliphatic heterocycles. The summed E-state index contributed by atoms with van der Waals surface area (Å²) in [5.41, 5.74) is 6.47. The van der Waals surface area contributed by atoms with Gasteiger partial charge in [0.2, 0.25) is 5.88 Å². The van der Waals surface area contributed by atoms with Gasteiger partial charge in [0.15, 0.2) is 0 Å². The molecular formula is C15H12N2O2S. The highest BCUT2D eigenvalue weighted by Gasteiger charge is 2.12. The lowest BCUT2D eigenvalue weighted by atomic mass is 10.2. The number of hydrogen-bond donors (Lipinski definition) is 1. The molecular weight excluding hydrogens is 272 g/mol. The maximum absolute atomic E-state index is 11.2. The van der Waals surface area contributed by atoms with Crippen molar-refractivity contribution in [3.8, 4) is 11.6 Å². The second kappa shape index (κ2) is 4.94. The summed E-state index contributed by atoms with van der Waals surface area (Å²) in [6.45, 7) is 2.01. The predicted molar refractivity (Wildman–Crippen MR) is 79.4 cm³/mol. The van der Waals surface area contributed by atoms with Crippen molar-refractivity contribution in [2.75, 3.05) is 0 Å². The van der Waals surface area contributed by atoms with Crippen LogP contribution in [0.2, 0.25) is 0 Å². The third kappa shape index (κ3) is 2.35. The van der Waals surface area contributed by atoms with E-state index in [9.17, 15) is 4.79 Å². The number of aromatic nitrogens is 1. The molecule has 2 aromatic heterocycles. The van der Waals surface area contributed by atoms with Gasteiger partial charge in [0.25, 0.3) is 5.91 Å². The van der Waals surface area contributed by atoms with Gasteiger partial charge in [-0.1, -0.05) is 17.7 Å². The lowest BCUT2D eigenvalue weighted by Gasteiger charge is -2.05. The first-order valence-electron chi connectivity index (χ1n) is 6.06. The van der Waals surface area contributed by atoms with Crippen molar-refractivity contribution in [1.82, 2.24) is 4.98 Å². The van der Waals surface area contributed by atoms with E-state index in [1.165, 1.54) is 11.3 Å². The number of pyridine rings is 1. The van der Waals surface area contributed by atoms with Crippen LogP contribution in [0, 0.1) is 6.92 Å². The molecule has 1 aromatic carbocycles. The van der Waals surface area contributed by atoms with Gasteiger partial charge in [-0.2, -0.15) is 0 Å². The number of primary amides is 1. The Morgan fingerprint density at radius 2 is 2.00 bits per heavy atom. The summed E-state index contributed by atoms with van der Waals surface area (Å²) in [6, 6.07) is 11.3. The second-order valence-electron chi connectivity index (χ2n) is 4.42. The lowest BCUT2D eigenvalue weighted by molar-refractivity contribution is 0.100. The largest absolute Gasteiger partial charge is 0.438 e. The highest BCUT2D eigenvalue weighted by molar-refractivity contribution is 7.20. The number of hydrogen-bond acceptors (Lipinski definition) is 4. The van der Waals surface area contributed by atoms with Crippen LogP contribution in [-0.2, 0) is 0 Å². The Labute approximate surface area is 119 Å². The van der Waals surface area contributed by atoms with Crippen LogP contribution in [-0.4, -0.2) is 10.9 Å². The van der Waals surface area contributed by atoms with E-state index < -0.39 is 5.91 Å². The first-order valence-corrected chi connectivity index (χ1v) is 6.88. The van der Waals surface area contributed by atoms with Crippen LogP contribution in [0.1, 0.15) is 15.2 Å². The molecule has 0 saturated heterocycles. The fourth-order valence-electron chi connectivity index (χ4n) is 1.86. The Bertz CT molecular complexity index is 778. The molecule has 0 aliphatic carbocycles. The summed E-state index contributed by atoms with van der Waals surface area (Å²) in [7, 11) is 0. The number of amides is 1. The van der Waals surface area contributed by atoms with Crippen LogP contribution in [0.15, 0.2) is 42.6 Å². The molecule has 0 aliphatic rings. The minimum Gasteiger partial charge on any atom is -0.438 e. The van der Waals surface area contributed by atoms with Gasteiger partial charge in [0.05, 0.1) is 10.3 Å². The van der Waals surface area contributed by atoms with Crippen LogP contribution in [0.5, 0.6) is 11.6 Å². The fraction of sp³-hybridized carbons (Fsp3) is 0.0667. The Balaban J connectivity index is 2.02. The van der Waals surface area contributed by atoms with Crippen molar-refractivity contribution in [1.29, 1.82) is 0 Å². The molecule has 0 saturated carbocycles. The molecule has 1 amide bonds. The summed E-state index contributed by atoms with van der Waals surface area (Å²) in [5.74, 6) is 0.755. The number of nitrogens with two attached hydrogens (primary N) is 1. The first-order chi connectivity index (χ1) is 9.63. The Kier molecular flexibility index (Phi) is 3.12. The number of carbonyl (C=O) groups is 1. The van der Waals surface area contributed by atoms with E-state index >= 15 is 0 Å². The van der Waals surface area contributed by atoms with Gasteiger partial charge < -0.3 is 10.5 Å². The monoisotopic (exact) mass is 284 g/mol. The zero-order chi connectivity index (χ0) is 14.1. The molecule has 0 spiro atoms. The van der Waals surface area contributed by atoms with Gasteiger partial charge in [0.1, 0.15) is 5.75 Å². The second-order valence-corrected chi connectivity index (χ2v) is 5.50. The van der Waals surface area contributed by atoms with E-state index in [1.807, 2.05) is 37.3 Å². The van der Waals surface area contributed by atoms with Gasteiger partial charge in [-0.05, 0) is 31.2 Å². The molecule has 0 unspecified atom stereocenters. The van der Waals surface area contributed by atoms with Gasteiger partial charge in [-0.25, -0.2) is 4.98 Å². The third-order valence-corrected chi connectivity index (χ3v) is 4.00. The SMILES string of the molecule is Cc1ccc(Oc2nccc3sc(C(N)=O)cc23)cc1. The molecule has 5 heteroatoms. The number of carbonyl (C=O) groups excluding carboxylic acids is 1. The summed E-state index contributed by atoms with van der Waals surface area (Å²) in [5, 5.41) is 0.798. The van der Waals surface area contributed by atoms with E-state index in [0.717, 1.165) is 15.6 Å². The van der Waals surface area contributed by atoms with Crippen LogP contribution >= 0.6 is 11.3 Å². The molecule has 2 heterocycles. The molecule has 100 valence electrons. The number of benzene rings is 1. The van der Waals surface area contributed by atoms with Gasteiger partial charge >= 0.3 is 0 Å². The van der Waals surface area contributed by atoms with E-state index in [4.69, 9.17) is 10.5 Å². The molecule has 0 radical (unpaired) electrons. The summed E-state index contributed by atoms with van der Waals surface area (Å²) >= 11 is 1.34. The van der Waals surface area contributed by atoms with Gasteiger partial charge in [-0.15, -0.1) is 11.3 Å².